The minimum Gasteiger partial charge on any atom is -0.330 e. The molecule has 0 saturated heterocycles. The normalized spacial score (nSPS) is 18.4. The Morgan fingerprint density at radius 1 is 1.26 bits per heavy atom. The Kier molecular flexibility index (Phi) is 3.33. The fraction of sp³-hybridized carbons (Fsp3) is 0.357. The average molecular weight is 280 g/mol. The second kappa shape index (κ2) is 4.98. The minimum atomic E-state index is -0.571. The summed E-state index contributed by atoms with van der Waals surface area (Å²) in [7, 11) is 0. The fourth-order valence-corrected chi connectivity index (χ4v) is 3.71. The third kappa shape index (κ3) is 2.40. The van der Waals surface area contributed by atoms with Gasteiger partial charge in [-0.1, -0.05) is 0 Å². The first-order chi connectivity index (χ1) is 9.17. The van der Waals surface area contributed by atoms with E-state index in [0.717, 1.165) is 31.0 Å². The monoisotopic (exact) mass is 280 g/mol. The topological polar surface area (TPSA) is 38.9 Å². The molecule has 3 rings (SSSR count). The highest BCUT2D eigenvalue weighted by atomic mass is 32.1. The van der Waals surface area contributed by atoms with Crippen LogP contribution in [0.2, 0.25) is 0 Å². The van der Waals surface area contributed by atoms with Gasteiger partial charge < -0.3 is 5.73 Å². The van der Waals surface area contributed by atoms with Crippen molar-refractivity contribution in [3.05, 3.63) is 40.4 Å². The van der Waals surface area contributed by atoms with Crippen LogP contribution in [0.5, 0.6) is 0 Å². The largest absolute Gasteiger partial charge is 0.330 e. The van der Waals surface area contributed by atoms with Crippen molar-refractivity contribution in [2.24, 2.45) is 5.73 Å². The van der Waals surface area contributed by atoms with E-state index >= 15 is 0 Å². The van der Waals surface area contributed by atoms with E-state index in [-0.39, 0.29) is 5.92 Å². The van der Waals surface area contributed by atoms with Crippen molar-refractivity contribution in [1.29, 1.82) is 0 Å². The highest BCUT2D eigenvalue weighted by molar-refractivity contribution is 7.15. The summed E-state index contributed by atoms with van der Waals surface area (Å²) in [5.74, 6) is -0.857. The van der Waals surface area contributed by atoms with Gasteiger partial charge in [0, 0.05) is 29.0 Å². The summed E-state index contributed by atoms with van der Waals surface area (Å²) in [5.41, 5.74) is 7.29. The van der Waals surface area contributed by atoms with Gasteiger partial charge in [0.1, 0.15) is 16.6 Å². The number of aryl methyl sites for hydroxylation is 1. The van der Waals surface area contributed by atoms with Gasteiger partial charge in [0.05, 0.1) is 5.69 Å². The second-order valence-corrected chi connectivity index (χ2v) is 5.89. The van der Waals surface area contributed by atoms with Gasteiger partial charge in [-0.15, -0.1) is 11.3 Å². The van der Waals surface area contributed by atoms with Crippen LogP contribution in [0.1, 0.15) is 29.3 Å². The second-order valence-electron chi connectivity index (χ2n) is 4.81. The molecule has 2 N–H and O–H groups in total. The van der Waals surface area contributed by atoms with Crippen molar-refractivity contribution in [2.45, 2.75) is 25.2 Å². The molecular formula is C14H14F2N2S. The van der Waals surface area contributed by atoms with Crippen LogP contribution in [-0.2, 0) is 6.42 Å². The van der Waals surface area contributed by atoms with Crippen molar-refractivity contribution in [3.8, 4) is 10.6 Å². The van der Waals surface area contributed by atoms with Gasteiger partial charge in [-0.3, -0.25) is 0 Å². The van der Waals surface area contributed by atoms with Gasteiger partial charge in [-0.25, -0.2) is 13.8 Å². The Bertz CT molecular complexity index is 589. The molecule has 100 valence electrons. The van der Waals surface area contributed by atoms with E-state index in [1.54, 1.807) is 0 Å². The molecule has 0 bridgehead atoms. The Morgan fingerprint density at radius 3 is 2.68 bits per heavy atom. The van der Waals surface area contributed by atoms with Crippen LogP contribution in [0.3, 0.4) is 0 Å². The van der Waals surface area contributed by atoms with E-state index in [9.17, 15) is 8.78 Å². The first-order valence-corrected chi connectivity index (χ1v) is 7.15. The molecule has 1 aliphatic rings. The summed E-state index contributed by atoms with van der Waals surface area (Å²) >= 11 is 1.52. The van der Waals surface area contributed by atoms with Crippen molar-refractivity contribution in [2.75, 3.05) is 6.54 Å². The average Bonchev–Trinajstić information content (AvgIpc) is 2.81. The molecule has 1 aromatic carbocycles. The molecule has 1 atom stereocenters. The smallest absolute Gasteiger partial charge is 0.126 e. The highest BCUT2D eigenvalue weighted by Crippen LogP contribution is 2.37. The van der Waals surface area contributed by atoms with Crippen LogP contribution in [0.15, 0.2) is 18.2 Å². The van der Waals surface area contributed by atoms with E-state index in [1.165, 1.54) is 28.3 Å². The molecule has 0 aliphatic heterocycles. The standard InChI is InChI=1S/C14H14F2N2S/c15-10-4-9(5-11(16)6-10)14-18-13-8(7-17)2-1-3-12(13)19-14/h4-6,8H,1-3,7,17H2. The van der Waals surface area contributed by atoms with E-state index in [2.05, 4.69) is 4.98 Å². The number of hydrogen-bond donors (Lipinski definition) is 1. The van der Waals surface area contributed by atoms with Crippen molar-refractivity contribution < 1.29 is 8.78 Å². The van der Waals surface area contributed by atoms with Crippen LogP contribution < -0.4 is 5.73 Å². The SMILES string of the molecule is NCC1CCCc2sc(-c3cc(F)cc(F)c3)nc21. The number of rotatable bonds is 2. The number of hydrogen-bond acceptors (Lipinski definition) is 3. The molecule has 0 saturated carbocycles. The molecule has 0 fully saturated rings. The number of benzene rings is 1. The molecular weight excluding hydrogens is 266 g/mol. The molecule has 0 spiro atoms. The Balaban J connectivity index is 2.04. The molecule has 1 unspecified atom stereocenters. The maximum atomic E-state index is 13.3. The van der Waals surface area contributed by atoms with Crippen LogP contribution in [0.25, 0.3) is 10.6 Å². The fourth-order valence-electron chi connectivity index (χ4n) is 2.54. The lowest BCUT2D eigenvalue weighted by Crippen LogP contribution is -2.17. The molecule has 0 radical (unpaired) electrons. The third-order valence-corrected chi connectivity index (χ3v) is 4.64. The summed E-state index contributed by atoms with van der Waals surface area (Å²) < 4.78 is 26.5. The highest BCUT2D eigenvalue weighted by Gasteiger charge is 2.24. The van der Waals surface area contributed by atoms with Gasteiger partial charge in [-0.05, 0) is 31.4 Å². The Labute approximate surface area is 114 Å². The number of thiazole rings is 1. The minimum absolute atomic E-state index is 0.284. The van der Waals surface area contributed by atoms with Gasteiger partial charge >= 0.3 is 0 Å². The number of aromatic nitrogens is 1. The number of fused-ring (bicyclic) bond motifs is 1. The van der Waals surface area contributed by atoms with Gasteiger partial charge in [-0.2, -0.15) is 0 Å². The zero-order valence-electron chi connectivity index (χ0n) is 10.3. The van der Waals surface area contributed by atoms with Crippen LogP contribution in [0, 0.1) is 11.6 Å². The van der Waals surface area contributed by atoms with Gasteiger partial charge in [0.15, 0.2) is 0 Å². The molecule has 1 aromatic heterocycles. The van der Waals surface area contributed by atoms with Crippen LogP contribution in [-0.4, -0.2) is 11.5 Å². The lowest BCUT2D eigenvalue weighted by molar-refractivity contribution is 0.554. The van der Waals surface area contributed by atoms with Crippen LogP contribution >= 0.6 is 11.3 Å². The van der Waals surface area contributed by atoms with E-state index < -0.39 is 11.6 Å². The number of halogens is 2. The molecule has 0 amide bonds. The quantitative estimate of drug-likeness (QED) is 0.915. The molecule has 2 aromatic rings. The van der Waals surface area contributed by atoms with Crippen LogP contribution in [0.4, 0.5) is 8.78 Å². The molecule has 2 nitrogen and oxygen atoms in total. The lowest BCUT2D eigenvalue weighted by atomic mass is 9.91. The van der Waals surface area contributed by atoms with Gasteiger partial charge in [0.25, 0.3) is 0 Å². The number of nitrogens with two attached hydrogens (primary N) is 1. The summed E-state index contributed by atoms with van der Waals surface area (Å²) in [4.78, 5) is 5.77. The maximum Gasteiger partial charge on any atom is 0.126 e. The lowest BCUT2D eigenvalue weighted by Gasteiger charge is -2.18. The predicted molar refractivity (Wildman–Crippen MR) is 72.2 cm³/mol. The molecule has 1 aliphatic carbocycles. The number of nitrogens with zero attached hydrogens (tertiary/aromatic N) is 1. The van der Waals surface area contributed by atoms with E-state index in [4.69, 9.17) is 5.73 Å². The summed E-state index contributed by atoms with van der Waals surface area (Å²) in [6.07, 6.45) is 3.14. The Hall–Kier alpha value is -1.33. The zero-order valence-corrected chi connectivity index (χ0v) is 11.1. The molecule has 5 heteroatoms. The van der Waals surface area contributed by atoms with Gasteiger partial charge in [0.2, 0.25) is 0 Å². The predicted octanol–water partition coefficient (Wildman–Crippen LogP) is 3.47. The van der Waals surface area contributed by atoms with E-state index in [1.807, 2.05) is 0 Å². The maximum absolute atomic E-state index is 13.3. The Morgan fingerprint density at radius 2 is 2.00 bits per heavy atom. The first-order valence-electron chi connectivity index (χ1n) is 6.33. The summed E-state index contributed by atoms with van der Waals surface area (Å²) in [6.45, 7) is 0.577. The first kappa shape index (κ1) is 12.7. The van der Waals surface area contributed by atoms with Crippen molar-refractivity contribution >= 4 is 11.3 Å². The van der Waals surface area contributed by atoms with Crippen molar-refractivity contribution in [1.82, 2.24) is 4.98 Å². The molecule has 1 heterocycles. The molecule has 19 heavy (non-hydrogen) atoms. The summed E-state index contributed by atoms with van der Waals surface area (Å²) in [5, 5.41) is 0.684. The zero-order chi connectivity index (χ0) is 13.4. The summed E-state index contributed by atoms with van der Waals surface area (Å²) in [6, 6.07) is 3.52. The van der Waals surface area contributed by atoms with Crippen molar-refractivity contribution in [3.63, 3.8) is 0 Å². The van der Waals surface area contributed by atoms with E-state index in [0.29, 0.717) is 17.1 Å². The third-order valence-electron chi connectivity index (χ3n) is 3.46.